The van der Waals surface area contributed by atoms with Gasteiger partial charge in [0, 0.05) is 26.3 Å². The third kappa shape index (κ3) is 2.62. The minimum Gasteiger partial charge on any atom is -0.378 e. The Balaban J connectivity index is 1.59. The number of morpholine rings is 1. The molecule has 4 amide bonds. The maximum Gasteiger partial charge on any atom is 0.329 e. The topological polar surface area (TPSA) is 82.2 Å². The molecule has 0 aliphatic carbocycles. The lowest BCUT2D eigenvalue weighted by molar-refractivity contribution is -0.131. The molecule has 4 rings (SSSR count). The number of rotatable bonds is 2. The van der Waals surface area contributed by atoms with E-state index in [1.165, 1.54) is 0 Å². The van der Waals surface area contributed by atoms with E-state index >= 15 is 0 Å². The third-order valence-electron chi connectivity index (χ3n) is 4.95. The summed E-state index contributed by atoms with van der Waals surface area (Å²) in [5.74, 6) is -0.498. The predicted octanol–water partition coefficient (Wildman–Crippen LogP) is 0.168. The number of amides is 4. The van der Waals surface area contributed by atoms with Crippen LogP contribution >= 0.6 is 0 Å². The summed E-state index contributed by atoms with van der Waals surface area (Å²) in [6.07, 6.45) is 1.67. The lowest BCUT2D eigenvalue weighted by atomic mass is 9.98. The molecule has 0 bridgehead atoms. The molecule has 0 radical (unpaired) electrons. The van der Waals surface area contributed by atoms with Crippen molar-refractivity contribution < 1.29 is 19.1 Å². The highest BCUT2D eigenvalue weighted by Crippen LogP contribution is 2.30. The van der Waals surface area contributed by atoms with Crippen molar-refractivity contribution in [2.24, 2.45) is 0 Å². The van der Waals surface area contributed by atoms with Crippen LogP contribution in [0.3, 0.4) is 0 Å². The Bertz CT molecular complexity index is 773. The Morgan fingerprint density at radius 3 is 2.54 bits per heavy atom. The van der Waals surface area contributed by atoms with E-state index in [-0.39, 0.29) is 11.8 Å². The molecule has 26 heavy (non-hydrogen) atoms. The summed E-state index contributed by atoms with van der Waals surface area (Å²) in [6, 6.07) is 6.99. The Hall–Kier alpha value is -2.87. The summed E-state index contributed by atoms with van der Waals surface area (Å²) in [5.41, 5.74) is 0.948. The first kappa shape index (κ1) is 16.6. The van der Waals surface area contributed by atoms with Gasteiger partial charge in [-0.15, -0.1) is 0 Å². The molecular formula is C18H20N4O4. The van der Waals surface area contributed by atoms with Gasteiger partial charge in [0.1, 0.15) is 6.04 Å². The van der Waals surface area contributed by atoms with E-state index in [0.29, 0.717) is 37.6 Å². The van der Waals surface area contributed by atoms with E-state index in [4.69, 9.17) is 4.74 Å². The first-order valence-electron chi connectivity index (χ1n) is 8.58. The highest BCUT2D eigenvalue weighted by Gasteiger charge is 2.50. The van der Waals surface area contributed by atoms with Crippen LogP contribution in [0.5, 0.6) is 0 Å². The second-order valence-corrected chi connectivity index (χ2v) is 6.54. The van der Waals surface area contributed by atoms with Crippen molar-refractivity contribution in [2.45, 2.75) is 12.1 Å². The average Bonchev–Trinajstić information content (AvgIpc) is 2.99. The minimum absolute atomic E-state index is 0.158. The number of para-hydroxylation sites is 1. The number of likely N-dealkylation sites (N-methyl/N-ethyl adjacent to an activating group) is 1. The van der Waals surface area contributed by atoms with E-state index < -0.39 is 18.1 Å². The molecule has 2 saturated heterocycles. The van der Waals surface area contributed by atoms with Gasteiger partial charge in [0.25, 0.3) is 11.8 Å². The summed E-state index contributed by atoms with van der Waals surface area (Å²) in [4.78, 5) is 43.0. The minimum atomic E-state index is -0.643. The number of ether oxygens (including phenoxy) is 1. The Morgan fingerprint density at radius 2 is 1.85 bits per heavy atom. The van der Waals surface area contributed by atoms with E-state index in [2.05, 4.69) is 5.32 Å². The number of anilines is 1. The van der Waals surface area contributed by atoms with Crippen LogP contribution in [0.15, 0.2) is 42.1 Å². The van der Waals surface area contributed by atoms with Crippen molar-refractivity contribution in [3.63, 3.8) is 0 Å². The van der Waals surface area contributed by atoms with Gasteiger partial charge >= 0.3 is 6.03 Å². The zero-order chi connectivity index (χ0) is 18.3. The SMILES string of the molecule is CN1C=C(C(=O)N2CCOCC2)C2NC(=O)N(c3ccccc3)C(=O)C21. The van der Waals surface area contributed by atoms with Crippen molar-refractivity contribution >= 4 is 23.5 Å². The second-order valence-electron chi connectivity index (χ2n) is 6.54. The number of hydrogen-bond acceptors (Lipinski definition) is 5. The monoisotopic (exact) mass is 356 g/mol. The first-order chi connectivity index (χ1) is 12.6. The molecule has 0 aromatic heterocycles. The normalized spacial score (nSPS) is 25.7. The maximum atomic E-state index is 13.0. The lowest BCUT2D eigenvalue weighted by Gasteiger charge is -2.37. The smallest absolute Gasteiger partial charge is 0.329 e. The number of urea groups is 1. The number of imide groups is 1. The molecule has 1 N–H and O–H groups in total. The number of nitrogens with one attached hydrogen (secondary N) is 1. The van der Waals surface area contributed by atoms with Gasteiger partial charge in [-0.25, -0.2) is 9.69 Å². The maximum absolute atomic E-state index is 13.0. The third-order valence-corrected chi connectivity index (χ3v) is 4.95. The van der Waals surface area contributed by atoms with Crippen molar-refractivity contribution in [1.82, 2.24) is 15.1 Å². The fourth-order valence-corrected chi connectivity index (χ4v) is 3.65. The molecule has 1 aromatic carbocycles. The van der Waals surface area contributed by atoms with Gasteiger partial charge in [-0.1, -0.05) is 18.2 Å². The molecule has 0 spiro atoms. The van der Waals surface area contributed by atoms with Crippen LogP contribution in [0.1, 0.15) is 0 Å². The fourth-order valence-electron chi connectivity index (χ4n) is 3.65. The predicted molar refractivity (Wildman–Crippen MR) is 93.3 cm³/mol. The first-order valence-corrected chi connectivity index (χ1v) is 8.58. The molecule has 2 fully saturated rings. The van der Waals surface area contributed by atoms with Crippen LogP contribution in [0.25, 0.3) is 0 Å². The highest BCUT2D eigenvalue weighted by molar-refractivity contribution is 6.19. The second kappa shape index (κ2) is 6.45. The van der Waals surface area contributed by atoms with Gasteiger partial charge in [0.2, 0.25) is 0 Å². The molecule has 2 unspecified atom stereocenters. The Labute approximate surface area is 151 Å². The molecule has 0 saturated carbocycles. The van der Waals surface area contributed by atoms with Crippen molar-refractivity contribution in [3.8, 4) is 0 Å². The molecule has 3 aliphatic heterocycles. The van der Waals surface area contributed by atoms with Gasteiger partial charge in [0.15, 0.2) is 0 Å². The molecule has 2 atom stereocenters. The molecule has 3 heterocycles. The number of carbonyl (C=O) groups is 3. The van der Waals surface area contributed by atoms with Crippen molar-refractivity contribution in [1.29, 1.82) is 0 Å². The summed E-state index contributed by atoms with van der Waals surface area (Å²) < 4.78 is 5.28. The van der Waals surface area contributed by atoms with E-state index in [1.54, 1.807) is 47.3 Å². The van der Waals surface area contributed by atoms with Crippen LogP contribution in [0, 0.1) is 0 Å². The number of carbonyl (C=O) groups excluding carboxylic acids is 3. The number of fused-ring (bicyclic) bond motifs is 1. The van der Waals surface area contributed by atoms with Crippen molar-refractivity contribution in [2.75, 3.05) is 38.3 Å². The van der Waals surface area contributed by atoms with E-state index in [0.717, 1.165) is 4.90 Å². The molecule has 3 aliphatic rings. The Morgan fingerprint density at radius 1 is 1.15 bits per heavy atom. The lowest BCUT2D eigenvalue weighted by Crippen LogP contribution is -2.65. The van der Waals surface area contributed by atoms with E-state index in [1.807, 2.05) is 6.07 Å². The number of benzene rings is 1. The average molecular weight is 356 g/mol. The zero-order valence-electron chi connectivity index (χ0n) is 14.4. The fraction of sp³-hybridized carbons (Fsp3) is 0.389. The molecule has 8 nitrogen and oxygen atoms in total. The molecule has 8 heteroatoms. The zero-order valence-corrected chi connectivity index (χ0v) is 14.4. The molecule has 1 aromatic rings. The standard InChI is InChI=1S/C18H20N4O4/c1-20-11-13(16(23)21-7-9-26-10-8-21)14-15(20)17(24)22(18(25)19-14)12-5-3-2-4-6-12/h2-6,11,14-15H,7-10H2,1H3,(H,19,25). The van der Waals surface area contributed by atoms with Crippen LogP contribution in [-0.2, 0) is 14.3 Å². The highest BCUT2D eigenvalue weighted by atomic mass is 16.5. The van der Waals surface area contributed by atoms with Gasteiger partial charge < -0.3 is 19.9 Å². The summed E-state index contributed by atoms with van der Waals surface area (Å²) >= 11 is 0. The summed E-state index contributed by atoms with van der Waals surface area (Å²) in [7, 11) is 1.75. The van der Waals surface area contributed by atoms with Crippen LogP contribution < -0.4 is 10.2 Å². The summed E-state index contributed by atoms with van der Waals surface area (Å²) in [6.45, 7) is 2.01. The van der Waals surface area contributed by atoms with Gasteiger partial charge in [-0.3, -0.25) is 9.59 Å². The van der Waals surface area contributed by atoms with Crippen LogP contribution in [-0.4, -0.2) is 73.1 Å². The molecule has 136 valence electrons. The number of hydrogen-bond donors (Lipinski definition) is 1. The van der Waals surface area contributed by atoms with Gasteiger partial charge in [-0.2, -0.15) is 0 Å². The van der Waals surface area contributed by atoms with Gasteiger partial charge in [-0.05, 0) is 12.1 Å². The molecular weight excluding hydrogens is 336 g/mol. The van der Waals surface area contributed by atoms with Crippen LogP contribution in [0.2, 0.25) is 0 Å². The quantitative estimate of drug-likeness (QED) is 0.817. The summed E-state index contributed by atoms with van der Waals surface area (Å²) in [5, 5.41) is 2.84. The number of nitrogens with zero attached hydrogens (tertiary/aromatic N) is 3. The largest absolute Gasteiger partial charge is 0.378 e. The van der Waals surface area contributed by atoms with Crippen molar-refractivity contribution in [3.05, 3.63) is 42.1 Å². The Kier molecular flexibility index (Phi) is 4.12. The van der Waals surface area contributed by atoms with E-state index in [9.17, 15) is 14.4 Å². The van der Waals surface area contributed by atoms with Crippen LogP contribution in [0.4, 0.5) is 10.5 Å². The van der Waals surface area contributed by atoms with Gasteiger partial charge in [0.05, 0.1) is 30.5 Å².